The van der Waals surface area contributed by atoms with Gasteiger partial charge >= 0.3 is 0 Å². The van der Waals surface area contributed by atoms with E-state index in [0.717, 1.165) is 29.0 Å². The van der Waals surface area contributed by atoms with Gasteiger partial charge in [-0.15, -0.1) is 6.58 Å². The van der Waals surface area contributed by atoms with Gasteiger partial charge in [0.1, 0.15) is 6.61 Å². The SMILES string of the molecule is C=CCOCc1cc(OCc2ccccc2)c(OC)cc1C/C=C\C. The number of hydrogen-bond acceptors (Lipinski definition) is 3. The van der Waals surface area contributed by atoms with Gasteiger partial charge in [-0.1, -0.05) is 48.6 Å². The topological polar surface area (TPSA) is 27.7 Å². The summed E-state index contributed by atoms with van der Waals surface area (Å²) >= 11 is 0. The van der Waals surface area contributed by atoms with Crippen LogP contribution in [0.2, 0.25) is 0 Å². The largest absolute Gasteiger partial charge is 0.493 e. The molecule has 2 aromatic carbocycles. The number of methoxy groups -OCH3 is 1. The molecule has 0 bridgehead atoms. The lowest BCUT2D eigenvalue weighted by atomic mass is 10.0. The highest BCUT2D eigenvalue weighted by Crippen LogP contribution is 2.32. The third-order valence-electron chi connectivity index (χ3n) is 3.79. The molecule has 0 atom stereocenters. The zero-order valence-electron chi connectivity index (χ0n) is 15.0. The lowest BCUT2D eigenvalue weighted by molar-refractivity contribution is 0.148. The van der Waals surface area contributed by atoms with Crippen LogP contribution >= 0.6 is 0 Å². The highest BCUT2D eigenvalue weighted by atomic mass is 16.5. The van der Waals surface area contributed by atoms with Crippen LogP contribution in [0.3, 0.4) is 0 Å². The summed E-state index contributed by atoms with van der Waals surface area (Å²) in [7, 11) is 1.66. The van der Waals surface area contributed by atoms with E-state index in [1.165, 1.54) is 5.56 Å². The first kappa shape index (κ1) is 18.8. The molecule has 3 nitrogen and oxygen atoms in total. The van der Waals surface area contributed by atoms with Crippen LogP contribution in [0.4, 0.5) is 0 Å². The lowest BCUT2D eigenvalue weighted by Crippen LogP contribution is -2.03. The van der Waals surface area contributed by atoms with Crippen LogP contribution < -0.4 is 9.47 Å². The van der Waals surface area contributed by atoms with Crippen molar-refractivity contribution >= 4 is 0 Å². The first-order valence-electron chi connectivity index (χ1n) is 8.44. The molecule has 0 amide bonds. The Kier molecular flexibility index (Phi) is 7.80. The fourth-order valence-corrected chi connectivity index (χ4v) is 2.47. The summed E-state index contributed by atoms with van der Waals surface area (Å²) in [6.45, 7) is 7.25. The van der Waals surface area contributed by atoms with E-state index in [4.69, 9.17) is 14.2 Å². The fraction of sp³-hybridized carbons (Fsp3) is 0.273. The Labute approximate surface area is 150 Å². The second-order valence-corrected chi connectivity index (χ2v) is 5.62. The van der Waals surface area contributed by atoms with Gasteiger partial charge in [-0.25, -0.2) is 0 Å². The van der Waals surface area contributed by atoms with Crippen molar-refractivity contribution in [2.24, 2.45) is 0 Å². The minimum atomic E-state index is 0.498. The van der Waals surface area contributed by atoms with Gasteiger partial charge in [0, 0.05) is 0 Å². The summed E-state index contributed by atoms with van der Waals surface area (Å²) in [6.07, 6.45) is 6.75. The van der Waals surface area contributed by atoms with Crippen LogP contribution in [0.15, 0.2) is 67.3 Å². The summed E-state index contributed by atoms with van der Waals surface area (Å²) in [6, 6.07) is 14.1. The summed E-state index contributed by atoms with van der Waals surface area (Å²) in [5, 5.41) is 0. The Balaban J connectivity index is 2.23. The zero-order valence-corrected chi connectivity index (χ0v) is 15.0. The molecule has 3 heteroatoms. The number of hydrogen-bond donors (Lipinski definition) is 0. The first-order valence-corrected chi connectivity index (χ1v) is 8.44. The summed E-state index contributed by atoms with van der Waals surface area (Å²) in [4.78, 5) is 0. The smallest absolute Gasteiger partial charge is 0.162 e. The van der Waals surface area contributed by atoms with Crippen LogP contribution in [-0.4, -0.2) is 13.7 Å². The molecule has 0 radical (unpaired) electrons. The second-order valence-electron chi connectivity index (χ2n) is 5.62. The quantitative estimate of drug-likeness (QED) is 0.446. The average molecular weight is 338 g/mol. The molecule has 2 aromatic rings. The molecular weight excluding hydrogens is 312 g/mol. The van der Waals surface area contributed by atoms with Gasteiger partial charge in [0.25, 0.3) is 0 Å². The minimum Gasteiger partial charge on any atom is -0.493 e. The molecule has 25 heavy (non-hydrogen) atoms. The van der Waals surface area contributed by atoms with Gasteiger partial charge in [0.05, 0.1) is 20.3 Å². The van der Waals surface area contributed by atoms with Gasteiger partial charge in [-0.05, 0) is 42.2 Å². The molecule has 132 valence electrons. The van der Waals surface area contributed by atoms with Crippen molar-refractivity contribution in [2.75, 3.05) is 13.7 Å². The molecule has 0 unspecified atom stereocenters. The van der Waals surface area contributed by atoms with E-state index in [9.17, 15) is 0 Å². The van der Waals surface area contributed by atoms with E-state index in [2.05, 4.69) is 12.7 Å². The van der Waals surface area contributed by atoms with E-state index >= 15 is 0 Å². The van der Waals surface area contributed by atoms with Crippen molar-refractivity contribution < 1.29 is 14.2 Å². The third kappa shape index (κ3) is 5.80. The molecule has 0 heterocycles. The van der Waals surface area contributed by atoms with E-state index in [1.54, 1.807) is 13.2 Å². The van der Waals surface area contributed by atoms with Gasteiger partial charge in [-0.3, -0.25) is 0 Å². The Morgan fingerprint density at radius 3 is 2.44 bits per heavy atom. The molecule has 0 aliphatic rings. The van der Waals surface area contributed by atoms with E-state index in [0.29, 0.717) is 19.8 Å². The van der Waals surface area contributed by atoms with Gasteiger partial charge in [-0.2, -0.15) is 0 Å². The van der Waals surface area contributed by atoms with Crippen molar-refractivity contribution in [3.8, 4) is 11.5 Å². The zero-order chi connectivity index (χ0) is 17.9. The van der Waals surface area contributed by atoms with Crippen LogP contribution in [0.25, 0.3) is 0 Å². The number of rotatable bonds is 10. The molecule has 0 fully saturated rings. The molecule has 0 saturated heterocycles. The maximum atomic E-state index is 6.00. The first-order chi connectivity index (χ1) is 12.3. The van der Waals surface area contributed by atoms with Crippen molar-refractivity contribution in [2.45, 2.75) is 26.6 Å². The number of allylic oxidation sites excluding steroid dienone is 2. The van der Waals surface area contributed by atoms with Crippen LogP contribution in [0.1, 0.15) is 23.6 Å². The average Bonchev–Trinajstić information content (AvgIpc) is 2.66. The van der Waals surface area contributed by atoms with E-state index in [1.807, 2.05) is 55.5 Å². The monoisotopic (exact) mass is 338 g/mol. The Hall–Kier alpha value is -2.52. The maximum Gasteiger partial charge on any atom is 0.162 e. The molecule has 0 spiro atoms. The Morgan fingerprint density at radius 1 is 1.00 bits per heavy atom. The molecular formula is C22H26O3. The van der Waals surface area contributed by atoms with E-state index in [-0.39, 0.29) is 0 Å². The van der Waals surface area contributed by atoms with Gasteiger partial charge in [0.2, 0.25) is 0 Å². The van der Waals surface area contributed by atoms with Gasteiger partial charge < -0.3 is 14.2 Å². The summed E-state index contributed by atoms with van der Waals surface area (Å²) in [5.41, 5.74) is 3.39. The minimum absolute atomic E-state index is 0.498. The normalized spacial score (nSPS) is 10.8. The Bertz CT molecular complexity index is 690. The predicted molar refractivity (Wildman–Crippen MR) is 102 cm³/mol. The van der Waals surface area contributed by atoms with Crippen LogP contribution in [0, 0.1) is 0 Å². The highest BCUT2D eigenvalue weighted by molar-refractivity contribution is 5.48. The summed E-state index contributed by atoms with van der Waals surface area (Å²) < 4.78 is 17.2. The summed E-state index contributed by atoms with van der Waals surface area (Å²) in [5.74, 6) is 1.47. The van der Waals surface area contributed by atoms with Crippen LogP contribution in [0.5, 0.6) is 11.5 Å². The lowest BCUT2D eigenvalue weighted by Gasteiger charge is -2.16. The van der Waals surface area contributed by atoms with Crippen molar-refractivity contribution in [3.63, 3.8) is 0 Å². The number of benzene rings is 2. The maximum absolute atomic E-state index is 6.00. The molecule has 0 aliphatic carbocycles. The van der Waals surface area contributed by atoms with Crippen molar-refractivity contribution in [1.29, 1.82) is 0 Å². The Morgan fingerprint density at radius 2 is 1.76 bits per heavy atom. The molecule has 0 saturated carbocycles. The molecule has 2 rings (SSSR count). The van der Waals surface area contributed by atoms with Crippen molar-refractivity contribution in [1.82, 2.24) is 0 Å². The van der Waals surface area contributed by atoms with Crippen LogP contribution in [-0.2, 0) is 24.4 Å². The molecule has 0 aromatic heterocycles. The van der Waals surface area contributed by atoms with Gasteiger partial charge in [0.15, 0.2) is 11.5 Å². The molecule has 0 aliphatic heterocycles. The van der Waals surface area contributed by atoms with Crippen molar-refractivity contribution in [3.05, 3.63) is 84.0 Å². The van der Waals surface area contributed by atoms with E-state index < -0.39 is 0 Å². The third-order valence-corrected chi connectivity index (χ3v) is 3.79. The molecule has 0 N–H and O–H groups in total. The highest BCUT2D eigenvalue weighted by Gasteiger charge is 2.12. The fourth-order valence-electron chi connectivity index (χ4n) is 2.47. The number of ether oxygens (including phenoxy) is 3. The predicted octanol–water partition coefficient (Wildman–Crippen LogP) is 5.10. The standard InChI is InChI=1S/C22H26O3/c1-4-6-12-19-14-21(23-3)22(15-20(19)17-24-13-5-2)25-16-18-10-8-7-9-11-18/h4-11,14-15H,2,12-13,16-17H2,1,3H3/b6-4-. The second kappa shape index (κ2) is 10.4.